The molecule has 10 aromatic rings. The number of hydrogen-bond acceptors (Lipinski definition) is 3. The van der Waals surface area contributed by atoms with E-state index in [9.17, 15) is 0 Å². The molecule has 10 rings (SSSR count). The Labute approximate surface area is 282 Å². The summed E-state index contributed by atoms with van der Waals surface area (Å²) in [5.74, 6) is 0. The first-order valence-electron chi connectivity index (χ1n) is 16.5. The highest BCUT2D eigenvalue weighted by Gasteiger charge is 2.18. The Bertz CT molecular complexity index is 2820. The van der Waals surface area contributed by atoms with Gasteiger partial charge in [0, 0.05) is 23.3 Å². The van der Waals surface area contributed by atoms with Gasteiger partial charge in [-0.2, -0.15) is 4.80 Å². The fourth-order valence-electron chi connectivity index (χ4n) is 7.48. The molecule has 2 aromatic heterocycles. The molecular formula is C45H28N4. The van der Waals surface area contributed by atoms with Crippen LogP contribution in [0.3, 0.4) is 0 Å². The molecule has 0 saturated carbocycles. The van der Waals surface area contributed by atoms with Crippen LogP contribution in [0.15, 0.2) is 170 Å². The van der Waals surface area contributed by atoms with Gasteiger partial charge in [-0.3, -0.25) is 4.98 Å². The normalized spacial score (nSPS) is 11.7. The fraction of sp³-hybridized carbons (Fsp3) is 0. The standard InChI is InChI=1S/C45H28N4/c1-3-13-34-29(10-1)12-9-19-36(34)45-39-17-7-5-15-37(39)44(38-16-6-8-18-40(38)45)31-22-25-42-43(26-31)48-49(47-42)33-23-20-30(21-24-33)41-28-46-27-32-11-2-4-14-35(32)41/h1-28H. The summed E-state index contributed by atoms with van der Waals surface area (Å²) in [5.41, 5.74) is 9.68. The number of fused-ring (bicyclic) bond motifs is 5. The lowest BCUT2D eigenvalue weighted by atomic mass is 9.85. The van der Waals surface area contributed by atoms with E-state index in [1.807, 2.05) is 18.5 Å². The Morgan fingerprint density at radius 3 is 1.63 bits per heavy atom. The van der Waals surface area contributed by atoms with Crippen LogP contribution in [0.25, 0.3) is 93.2 Å². The minimum Gasteiger partial charge on any atom is -0.263 e. The van der Waals surface area contributed by atoms with E-state index in [0.29, 0.717) is 0 Å². The van der Waals surface area contributed by atoms with Gasteiger partial charge in [0.2, 0.25) is 0 Å². The summed E-state index contributed by atoms with van der Waals surface area (Å²) in [6.45, 7) is 0. The van der Waals surface area contributed by atoms with E-state index >= 15 is 0 Å². The van der Waals surface area contributed by atoms with E-state index in [2.05, 4.69) is 157 Å². The van der Waals surface area contributed by atoms with Gasteiger partial charge < -0.3 is 0 Å². The van der Waals surface area contributed by atoms with Crippen molar-refractivity contribution in [3.8, 4) is 39.1 Å². The van der Waals surface area contributed by atoms with E-state index in [1.165, 1.54) is 54.4 Å². The molecule has 0 aliphatic rings. The van der Waals surface area contributed by atoms with E-state index < -0.39 is 0 Å². The van der Waals surface area contributed by atoms with Crippen molar-refractivity contribution in [1.29, 1.82) is 0 Å². The third kappa shape index (κ3) is 4.42. The van der Waals surface area contributed by atoms with Crippen molar-refractivity contribution >= 4 is 54.1 Å². The minimum atomic E-state index is 0.853. The summed E-state index contributed by atoms with van der Waals surface area (Å²) < 4.78 is 0. The van der Waals surface area contributed by atoms with Crippen molar-refractivity contribution in [2.75, 3.05) is 0 Å². The average Bonchev–Trinajstić information content (AvgIpc) is 3.60. The van der Waals surface area contributed by atoms with Crippen LogP contribution in [0.2, 0.25) is 0 Å². The van der Waals surface area contributed by atoms with Gasteiger partial charge >= 0.3 is 0 Å². The average molecular weight is 625 g/mol. The van der Waals surface area contributed by atoms with Crippen LogP contribution in [0.1, 0.15) is 0 Å². The highest BCUT2D eigenvalue weighted by Crippen LogP contribution is 2.45. The van der Waals surface area contributed by atoms with Gasteiger partial charge in [-0.1, -0.05) is 133 Å². The number of aromatic nitrogens is 4. The predicted octanol–water partition coefficient (Wildman–Crippen LogP) is 11.4. The van der Waals surface area contributed by atoms with Crippen molar-refractivity contribution in [2.45, 2.75) is 0 Å². The van der Waals surface area contributed by atoms with Gasteiger partial charge in [0.25, 0.3) is 0 Å². The zero-order valence-corrected chi connectivity index (χ0v) is 26.5. The van der Waals surface area contributed by atoms with Crippen molar-refractivity contribution in [2.24, 2.45) is 0 Å². The lowest BCUT2D eigenvalue weighted by molar-refractivity contribution is 0.766. The number of benzene rings is 8. The molecule has 0 N–H and O–H groups in total. The number of rotatable bonds is 4. The molecule has 0 amide bonds. The van der Waals surface area contributed by atoms with Gasteiger partial charge in [-0.15, -0.1) is 10.2 Å². The lowest BCUT2D eigenvalue weighted by Gasteiger charge is -2.18. The Morgan fingerprint density at radius 1 is 0.367 bits per heavy atom. The van der Waals surface area contributed by atoms with Gasteiger partial charge in [0.15, 0.2) is 0 Å². The maximum Gasteiger partial charge on any atom is 0.114 e. The van der Waals surface area contributed by atoms with Crippen molar-refractivity contribution in [1.82, 2.24) is 20.0 Å². The second-order valence-corrected chi connectivity index (χ2v) is 12.5. The van der Waals surface area contributed by atoms with E-state index in [1.54, 1.807) is 4.80 Å². The first-order chi connectivity index (χ1) is 24.3. The second kappa shape index (κ2) is 11.0. The summed E-state index contributed by atoms with van der Waals surface area (Å²) in [6, 6.07) is 56.0. The fourth-order valence-corrected chi connectivity index (χ4v) is 7.48. The maximum atomic E-state index is 4.97. The number of hydrogen-bond donors (Lipinski definition) is 0. The summed E-state index contributed by atoms with van der Waals surface area (Å²) in [4.78, 5) is 6.21. The summed E-state index contributed by atoms with van der Waals surface area (Å²) in [5, 5.41) is 19.6. The molecular weight excluding hydrogens is 597 g/mol. The summed E-state index contributed by atoms with van der Waals surface area (Å²) in [7, 11) is 0. The first-order valence-corrected chi connectivity index (χ1v) is 16.5. The molecule has 0 fully saturated rings. The Hall–Kier alpha value is -6.65. The quantitative estimate of drug-likeness (QED) is 0.183. The molecule has 0 radical (unpaired) electrons. The van der Waals surface area contributed by atoms with Gasteiger partial charge in [-0.05, 0) is 89.8 Å². The lowest BCUT2D eigenvalue weighted by Crippen LogP contribution is -1.98. The van der Waals surface area contributed by atoms with E-state index in [0.717, 1.165) is 38.8 Å². The van der Waals surface area contributed by atoms with Crippen molar-refractivity contribution < 1.29 is 0 Å². The van der Waals surface area contributed by atoms with Crippen LogP contribution < -0.4 is 0 Å². The smallest absolute Gasteiger partial charge is 0.114 e. The molecule has 228 valence electrons. The molecule has 4 heteroatoms. The molecule has 0 spiro atoms. The molecule has 8 aromatic carbocycles. The van der Waals surface area contributed by atoms with E-state index in [4.69, 9.17) is 10.2 Å². The summed E-state index contributed by atoms with van der Waals surface area (Å²) in [6.07, 6.45) is 3.84. The van der Waals surface area contributed by atoms with Crippen LogP contribution in [0.4, 0.5) is 0 Å². The maximum absolute atomic E-state index is 4.97. The largest absolute Gasteiger partial charge is 0.263 e. The molecule has 49 heavy (non-hydrogen) atoms. The number of nitrogens with zero attached hydrogens (tertiary/aromatic N) is 4. The van der Waals surface area contributed by atoms with Gasteiger partial charge in [-0.25, -0.2) is 0 Å². The molecule has 0 saturated heterocycles. The monoisotopic (exact) mass is 624 g/mol. The predicted molar refractivity (Wildman–Crippen MR) is 203 cm³/mol. The summed E-state index contributed by atoms with van der Waals surface area (Å²) >= 11 is 0. The zero-order valence-electron chi connectivity index (χ0n) is 26.5. The minimum absolute atomic E-state index is 0.853. The molecule has 0 bridgehead atoms. The van der Waals surface area contributed by atoms with Crippen LogP contribution in [0.5, 0.6) is 0 Å². The highest BCUT2D eigenvalue weighted by atomic mass is 15.5. The third-order valence-electron chi connectivity index (χ3n) is 9.74. The van der Waals surface area contributed by atoms with Crippen LogP contribution in [-0.4, -0.2) is 20.0 Å². The highest BCUT2D eigenvalue weighted by molar-refractivity contribution is 6.23. The topological polar surface area (TPSA) is 43.6 Å². The Kier molecular flexibility index (Phi) is 6.15. The Balaban J connectivity index is 1.11. The third-order valence-corrected chi connectivity index (χ3v) is 9.74. The Morgan fingerprint density at radius 2 is 0.918 bits per heavy atom. The molecule has 0 atom stereocenters. The number of pyridine rings is 1. The molecule has 2 heterocycles. The SMILES string of the molecule is c1ccc2c(-c3ccc(-n4nc5ccc(-c6c7ccccc7c(-c7cccc8ccccc78)c7ccccc67)cc5n4)cc3)cncc2c1. The van der Waals surface area contributed by atoms with Gasteiger partial charge in [0.05, 0.1) is 5.69 Å². The molecule has 0 aliphatic carbocycles. The molecule has 4 nitrogen and oxygen atoms in total. The first kappa shape index (κ1) is 27.5. The molecule has 0 aliphatic heterocycles. The van der Waals surface area contributed by atoms with Crippen LogP contribution >= 0.6 is 0 Å². The van der Waals surface area contributed by atoms with Crippen LogP contribution in [0, 0.1) is 0 Å². The molecule has 0 unspecified atom stereocenters. The zero-order chi connectivity index (χ0) is 32.3. The van der Waals surface area contributed by atoms with E-state index in [-0.39, 0.29) is 0 Å². The van der Waals surface area contributed by atoms with Gasteiger partial charge in [0.1, 0.15) is 11.0 Å². The van der Waals surface area contributed by atoms with Crippen molar-refractivity contribution in [3.63, 3.8) is 0 Å². The van der Waals surface area contributed by atoms with Crippen LogP contribution in [-0.2, 0) is 0 Å². The second-order valence-electron chi connectivity index (χ2n) is 12.5. The van der Waals surface area contributed by atoms with Crippen molar-refractivity contribution in [3.05, 3.63) is 170 Å².